The molecule has 1 fully saturated rings. The predicted octanol–water partition coefficient (Wildman–Crippen LogP) is 4.56. The van der Waals surface area contributed by atoms with Crippen LogP contribution < -0.4 is 0 Å². The number of benzene rings is 1. The standard InChI is InChI=1S/C14H10ClF6N2O/c15-6-3-7(16)5-8(4-6)23-9-1-2-13(17,18)12(24)10(9)11(22-23)14(19,20)21/h3-5,9,12,24H,1-2H2/q+1. The van der Waals surface area contributed by atoms with Crippen LogP contribution in [-0.2, 0) is 0 Å². The van der Waals surface area contributed by atoms with Crippen molar-refractivity contribution in [3.63, 3.8) is 0 Å². The van der Waals surface area contributed by atoms with Crippen LogP contribution >= 0.6 is 11.6 Å². The SMILES string of the molecule is OC1C2=C(C(F)(F)F)N=[N+](c3cc(F)cc(Cl)c3)C2CCC1(F)F. The van der Waals surface area contributed by atoms with Crippen LogP contribution in [-0.4, -0.2) is 34.0 Å². The molecule has 24 heavy (non-hydrogen) atoms. The first-order valence-corrected chi connectivity index (χ1v) is 7.22. The highest BCUT2D eigenvalue weighted by Crippen LogP contribution is 2.47. The molecule has 130 valence electrons. The van der Waals surface area contributed by atoms with Gasteiger partial charge in [0.15, 0.2) is 0 Å². The van der Waals surface area contributed by atoms with Crippen molar-refractivity contribution in [3.8, 4) is 0 Å². The minimum Gasteiger partial charge on any atom is -0.382 e. The second kappa shape index (κ2) is 5.45. The molecule has 0 spiro atoms. The number of alkyl halides is 5. The van der Waals surface area contributed by atoms with E-state index in [4.69, 9.17) is 11.6 Å². The zero-order valence-electron chi connectivity index (χ0n) is 11.8. The normalized spacial score (nSPS) is 26.4. The van der Waals surface area contributed by atoms with Gasteiger partial charge < -0.3 is 5.11 Å². The summed E-state index contributed by atoms with van der Waals surface area (Å²) in [4.78, 5) is 0. The number of allylic oxidation sites excluding steroid dienone is 1. The molecule has 1 heterocycles. The lowest BCUT2D eigenvalue weighted by Crippen LogP contribution is -2.46. The fraction of sp³-hybridized carbons (Fsp3) is 0.429. The van der Waals surface area contributed by atoms with E-state index in [1.165, 1.54) is 6.07 Å². The van der Waals surface area contributed by atoms with Gasteiger partial charge in [0, 0.05) is 30.1 Å². The van der Waals surface area contributed by atoms with Gasteiger partial charge in [0.2, 0.25) is 17.4 Å². The van der Waals surface area contributed by atoms with Gasteiger partial charge >= 0.3 is 6.18 Å². The van der Waals surface area contributed by atoms with Crippen LogP contribution in [0, 0.1) is 5.82 Å². The van der Waals surface area contributed by atoms with Crippen molar-refractivity contribution in [1.82, 2.24) is 0 Å². The highest BCUT2D eigenvalue weighted by Gasteiger charge is 2.59. The minimum atomic E-state index is -5.03. The van der Waals surface area contributed by atoms with Gasteiger partial charge in [0.25, 0.3) is 5.92 Å². The number of hydrogen-bond donors (Lipinski definition) is 1. The van der Waals surface area contributed by atoms with Crippen molar-refractivity contribution >= 4 is 17.3 Å². The molecule has 0 saturated heterocycles. The van der Waals surface area contributed by atoms with E-state index < -0.39 is 47.8 Å². The van der Waals surface area contributed by atoms with Gasteiger partial charge in [-0.1, -0.05) is 16.3 Å². The predicted molar refractivity (Wildman–Crippen MR) is 70.8 cm³/mol. The van der Waals surface area contributed by atoms with E-state index in [9.17, 15) is 31.4 Å². The average Bonchev–Trinajstić information content (AvgIpc) is 2.82. The Bertz CT molecular complexity index is 738. The van der Waals surface area contributed by atoms with Gasteiger partial charge in [-0.3, -0.25) is 0 Å². The van der Waals surface area contributed by atoms with Crippen LogP contribution in [0.4, 0.5) is 32.0 Å². The molecule has 1 aromatic carbocycles. The minimum absolute atomic E-state index is 0.0797. The molecule has 1 N–H and O–H groups in total. The molecule has 1 aliphatic carbocycles. The third-order valence-electron chi connectivity index (χ3n) is 3.96. The van der Waals surface area contributed by atoms with Crippen LogP contribution in [0.15, 0.2) is 34.6 Å². The van der Waals surface area contributed by atoms with E-state index in [2.05, 4.69) is 5.11 Å². The van der Waals surface area contributed by atoms with E-state index in [1.807, 2.05) is 0 Å². The number of azo groups is 2. The van der Waals surface area contributed by atoms with Crippen molar-refractivity contribution in [2.45, 2.75) is 37.1 Å². The van der Waals surface area contributed by atoms with Gasteiger partial charge in [-0.15, -0.1) is 0 Å². The molecular weight excluding hydrogens is 362 g/mol. The third kappa shape index (κ3) is 2.79. The molecule has 1 saturated carbocycles. The first kappa shape index (κ1) is 17.2. The zero-order valence-corrected chi connectivity index (χ0v) is 12.5. The van der Waals surface area contributed by atoms with E-state index in [-0.39, 0.29) is 17.1 Å². The average molecular weight is 372 g/mol. The highest BCUT2D eigenvalue weighted by atomic mass is 35.5. The Morgan fingerprint density at radius 2 is 1.92 bits per heavy atom. The van der Waals surface area contributed by atoms with Gasteiger partial charge in [-0.2, -0.15) is 13.2 Å². The van der Waals surface area contributed by atoms with E-state index in [0.29, 0.717) is 0 Å². The lowest BCUT2D eigenvalue weighted by molar-refractivity contribution is -0.538. The topological polar surface area (TPSA) is 35.6 Å². The molecule has 0 amide bonds. The molecule has 1 aliphatic heterocycles. The van der Waals surface area contributed by atoms with Crippen molar-refractivity contribution in [2.75, 3.05) is 0 Å². The van der Waals surface area contributed by atoms with Crippen LogP contribution in [0.3, 0.4) is 0 Å². The van der Waals surface area contributed by atoms with Crippen LogP contribution in [0.1, 0.15) is 12.8 Å². The van der Waals surface area contributed by atoms with Gasteiger partial charge in [0.1, 0.15) is 11.9 Å². The van der Waals surface area contributed by atoms with Gasteiger partial charge in [0.05, 0.1) is 10.6 Å². The quantitative estimate of drug-likeness (QED) is 0.570. The maximum Gasteiger partial charge on any atom is 0.439 e. The first-order valence-electron chi connectivity index (χ1n) is 6.85. The Hall–Kier alpha value is -1.61. The summed E-state index contributed by atoms with van der Waals surface area (Å²) in [6, 6.07) is 1.77. The molecule has 2 aliphatic rings. The molecule has 0 aromatic heterocycles. The second-order valence-corrected chi connectivity index (χ2v) is 6.03. The largest absolute Gasteiger partial charge is 0.439 e. The van der Waals surface area contributed by atoms with Gasteiger partial charge in [-0.25, -0.2) is 13.2 Å². The van der Waals surface area contributed by atoms with Crippen molar-refractivity contribution in [2.24, 2.45) is 5.11 Å². The van der Waals surface area contributed by atoms with Crippen LogP contribution in [0.5, 0.6) is 0 Å². The number of hydrogen-bond acceptors (Lipinski definition) is 2. The summed E-state index contributed by atoms with van der Waals surface area (Å²) in [6.45, 7) is 0. The molecule has 1 aromatic rings. The van der Waals surface area contributed by atoms with Crippen molar-refractivity contribution in [1.29, 1.82) is 0 Å². The van der Waals surface area contributed by atoms with Crippen molar-refractivity contribution < 1.29 is 36.1 Å². The molecule has 3 rings (SSSR count). The summed E-state index contributed by atoms with van der Waals surface area (Å²) in [7, 11) is 0. The smallest absolute Gasteiger partial charge is 0.382 e. The molecule has 0 radical (unpaired) electrons. The van der Waals surface area contributed by atoms with E-state index >= 15 is 0 Å². The second-order valence-electron chi connectivity index (χ2n) is 5.59. The van der Waals surface area contributed by atoms with Gasteiger partial charge in [-0.05, 0) is 6.07 Å². The molecule has 0 bridgehead atoms. The maximum absolute atomic E-state index is 13.7. The first-order chi connectivity index (χ1) is 11.0. The molecular formula is C14H10ClF6N2O+. The lowest BCUT2D eigenvalue weighted by atomic mass is 9.83. The fourth-order valence-corrected chi connectivity index (χ4v) is 3.15. The number of rotatable bonds is 1. The third-order valence-corrected chi connectivity index (χ3v) is 4.18. The number of fused-ring (bicyclic) bond motifs is 1. The summed E-state index contributed by atoms with van der Waals surface area (Å²) in [5, 5.41) is 13.0. The van der Waals surface area contributed by atoms with Crippen molar-refractivity contribution in [3.05, 3.63) is 40.3 Å². The number of halogens is 7. The van der Waals surface area contributed by atoms with E-state index in [0.717, 1.165) is 16.8 Å². The number of aliphatic hydroxyl groups is 1. The Labute approximate surface area is 136 Å². The monoisotopic (exact) mass is 371 g/mol. The molecule has 2 unspecified atom stereocenters. The number of aliphatic hydroxyl groups excluding tert-OH is 1. The summed E-state index contributed by atoms with van der Waals surface area (Å²) in [5.41, 5.74) is -2.60. The molecule has 2 atom stereocenters. The Morgan fingerprint density at radius 3 is 2.50 bits per heavy atom. The lowest BCUT2D eigenvalue weighted by Gasteiger charge is -2.30. The Morgan fingerprint density at radius 1 is 1.25 bits per heavy atom. The summed E-state index contributed by atoms with van der Waals surface area (Å²) >= 11 is 5.69. The molecule has 3 nitrogen and oxygen atoms in total. The van der Waals surface area contributed by atoms with Crippen LogP contribution in [0.25, 0.3) is 0 Å². The molecule has 10 heteroatoms. The Balaban J connectivity index is 2.13. The fourth-order valence-electron chi connectivity index (χ4n) is 2.94. The Kier molecular flexibility index (Phi) is 3.91. The van der Waals surface area contributed by atoms with E-state index in [1.54, 1.807) is 0 Å². The summed E-state index contributed by atoms with van der Waals surface area (Å²) < 4.78 is 81.1. The number of nitrogens with zero attached hydrogens (tertiary/aromatic N) is 2. The van der Waals surface area contributed by atoms with Crippen LogP contribution in [0.2, 0.25) is 5.02 Å². The summed E-state index contributed by atoms with van der Waals surface area (Å²) in [6.07, 6.45) is -8.84. The zero-order chi connectivity index (χ0) is 17.9. The summed E-state index contributed by atoms with van der Waals surface area (Å²) in [5.74, 6) is -4.50. The highest BCUT2D eigenvalue weighted by molar-refractivity contribution is 6.30. The maximum atomic E-state index is 13.7.